The molecule has 2 aromatic rings. The molecule has 0 aliphatic carbocycles. The number of nitrogens with zero attached hydrogens (tertiary/aromatic N) is 2. The Balaban J connectivity index is 1.91. The SMILES string of the molecule is COc1ccc(C2CCCCN(C(=O)c3cc(OC)c(OC)cc3[N+](=O)[O-])C2)cc1. The molecule has 0 bridgehead atoms. The lowest BCUT2D eigenvalue weighted by Gasteiger charge is -2.25. The average molecular weight is 414 g/mol. The minimum absolute atomic E-state index is 0.00744. The van der Waals surface area contributed by atoms with Gasteiger partial charge in [-0.2, -0.15) is 0 Å². The van der Waals surface area contributed by atoms with Crippen LogP contribution in [0.5, 0.6) is 17.2 Å². The maximum absolute atomic E-state index is 13.3. The van der Waals surface area contributed by atoms with Crippen molar-refractivity contribution < 1.29 is 23.9 Å². The number of nitro benzene ring substituents is 1. The molecule has 0 saturated carbocycles. The molecule has 1 atom stereocenters. The second-order valence-corrected chi connectivity index (χ2v) is 7.20. The van der Waals surface area contributed by atoms with Gasteiger partial charge in [-0.3, -0.25) is 14.9 Å². The summed E-state index contributed by atoms with van der Waals surface area (Å²) in [6.45, 7) is 1.05. The maximum atomic E-state index is 13.3. The summed E-state index contributed by atoms with van der Waals surface area (Å²) in [5.41, 5.74) is 0.841. The van der Waals surface area contributed by atoms with E-state index >= 15 is 0 Å². The molecule has 1 aliphatic rings. The quantitative estimate of drug-likeness (QED) is 0.524. The first kappa shape index (κ1) is 21.4. The zero-order chi connectivity index (χ0) is 21.7. The van der Waals surface area contributed by atoms with Crippen LogP contribution in [0.25, 0.3) is 0 Å². The fraction of sp³-hybridized carbons (Fsp3) is 0.409. The summed E-state index contributed by atoms with van der Waals surface area (Å²) in [6, 6.07) is 10.5. The lowest BCUT2D eigenvalue weighted by atomic mass is 9.94. The number of methoxy groups -OCH3 is 3. The Kier molecular flexibility index (Phi) is 6.76. The van der Waals surface area contributed by atoms with E-state index in [1.807, 2.05) is 24.3 Å². The average Bonchev–Trinajstić information content (AvgIpc) is 3.04. The highest BCUT2D eigenvalue weighted by atomic mass is 16.6. The van der Waals surface area contributed by atoms with Gasteiger partial charge in [0.05, 0.1) is 32.3 Å². The van der Waals surface area contributed by atoms with Crippen LogP contribution in [0, 0.1) is 10.1 Å². The smallest absolute Gasteiger partial charge is 0.286 e. The normalized spacial score (nSPS) is 16.5. The lowest BCUT2D eigenvalue weighted by Crippen LogP contribution is -2.34. The van der Waals surface area contributed by atoms with Crippen LogP contribution in [-0.4, -0.2) is 50.1 Å². The Morgan fingerprint density at radius 1 is 1.03 bits per heavy atom. The molecule has 0 N–H and O–H groups in total. The third-order valence-electron chi connectivity index (χ3n) is 5.47. The molecule has 1 fully saturated rings. The van der Waals surface area contributed by atoms with E-state index < -0.39 is 4.92 Å². The van der Waals surface area contributed by atoms with Crippen LogP contribution in [0.1, 0.15) is 41.1 Å². The van der Waals surface area contributed by atoms with Gasteiger partial charge in [0, 0.05) is 25.1 Å². The topological polar surface area (TPSA) is 91.1 Å². The van der Waals surface area contributed by atoms with Gasteiger partial charge in [-0.1, -0.05) is 18.6 Å². The van der Waals surface area contributed by atoms with Crippen LogP contribution in [0.3, 0.4) is 0 Å². The number of carbonyl (C=O) groups is 1. The first-order valence-corrected chi connectivity index (χ1v) is 9.82. The molecule has 0 radical (unpaired) electrons. The summed E-state index contributed by atoms with van der Waals surface area (Å²) in [5, 5.41) is 11.6. The number of nitro groups is 1. The molecule has 1 saturated heterocycles. The van der Waals surface area contributed by atoms with Crippen LogP contribution in [0.2, 0.25) is 0 Å². The minimum Gasteiger partial charge on any atom is -0.497 e. The van der Waals surface area contributed by atoms with Crippen LogP contribution < -0.4 is 14.2 Å². The van der Waals surface area contributed by atoms with E-state index in [2.05, 4.69) is 0 Å². The summed E-state index contributed by atoms with van der Waals surface area (Å²) in [6.07, 6.45) is 2.78. The van der Waals surface area contributed by atoms with Gasteiger partial charge in [0.25, 0.3) is 11.6 Å². The number of hydrogen-bond donors (Lipinski definition) is 0. The molecule has 1 unspecified atom stereocenters. The number of amides is 1. The number of benzene rings is 2. The number of carbonyl (C=O) groups excluding carboxylic acids is 1. The van der Waals surface area contributed by atoms with E-state index in [1.165, 1.54) is 26.4 Å². The van der Waals surface area contributed by atoms with Crippen molar-refractivity contribution in [2.45, 2.75) is 25.2 Å². The Labute approximate surface area is 175 Å². The number of likely N-dealkylation sites (tertiary alicyclic amines) is 1. The van der Waals surface area contributed by atoms with Gasteiger partial charge in [0.15, 0.2) is 11.5 Å². The second kappa shape index (κ2) is 9.47. The molecular formula is C22H26N2O6. The molecule has 160 valence electrons. The fourth-order valence-electron chi connectivity index (χ4n) is 3.84. The van der Waals surface area contributed by atoms with Crippen LogP contribution in [0.15, 0.2) is 36.4 Å². The van der Waals surface area contributed by atoms with E-state index in [0.29, 0.717) is 13.1 Å². The van der Waals surface area contributed by atoms with E-state index in [4.69, 9.17) is 14.2 Å². The largest absolute Gasteiger partial charge is 0.497 e. The van der Waals surface area contributed by atoms with Crippen molar-refractivity contribution in [3.63, 3.8) is 0 Å². The highest BCUT2D eigenvalue weighted by Gasteiger charge is 2.30. The first-order valence-electron chi connectivity index (χ1n) is 9.82. The van der Waals surface area contributed by atoms with Crippen LogP contribution >= 0.6 is 0 Å². The molecule has 1 heterocycles. The van der Waals surface area contributed by atoms with Crippen molar-refractivity contribution in [1.29, 1.82) is 0 Å². The third-order valence-corrected chi connectivity index (χ3v) is 5.47. The molecule has 3 rings (SSSR count). The molecule has 8 heteroatoms. The highest BCUT2D eigenvalue weighted by molar-refractivity contribution is 5.99. The molecule has 0 spiro atoms. The van der Waals surface area contributed by atoms with E-state index in [0.717, 1.165) is 30.6 Å². The molecule has 8 nitrogen and oxygen atoms in total. The summed E-state index contributed by atoms with van der Waals surface area (Å²) in [5.74, 6) is 1.06. The Bertz CT molecular complexity index is 913. The van der Waals surface area contributed by atoms with Crippen molar-refractivity contribution in [1.82, 2.24) is 4.90 Å². The van der Waals surface area contributed by atoms with Crippen LogP contribution in [-0.2, 0) is 0 Å². The standard InChI is InChI=1S/C22H26N2O6/c1-28-17-9-7-15(8-10-17)16-6-4-5-11-23(14-16)22(25)18-12-20(29-2)21(30-3)13-19(18)24(26)27/h7-10,12-13,16H,4-6,11,14H2,1-3H3. The van der Waals surface area contributed by atoms with Crippen molar-refractivity contribution in [3.8, 4) is 17.2 Å². The van der Waals surface area contributed by atoms with Crippen LogP contribution in [0.4, 0.5) is 5.69 Å². The Morgan fingerprint density at radius 3 is 2.30 bits per heavy atom. The molecule has 1 aliphatic heterocycles. The summed E-state index contributed by atoms with van der Waals surface area (Å²) in [7, 11) is 4.46. The zero-order valence-corrected chi connectivity index (χ0v) is 17.4. The van der Waals surface area contributed by atoms with E-state index in [9.17, 15) is 14.9 Å². The summed E-state index contributed by atoms with van der Waals surface area (Å²) in [4.78, 5) is 26.1. The lowest BCUT2D eigenvalue weighted by molar-refractivity contribution is -0.385. The van der Waals surface area contributed by atoms with E-state index in [-0.39, 0.29) is 34.6 Å². The van der Waals surface area contributed by atoms with Gasteiger partial charge in [-0.25, -0.2) is 0 Å². The van der Waals surface area contributed by atoms with Gasteiger partial charge in [0.1, 0.15) is 11.3 Å². The molecule has 2 aromatic carbocycles. The van der Waals surface area contributed by atoms with Gasteiger partial charge >= 0.3 is 0 Å². The summed E-state index contributed by atoms with van der Waals surface area (Å²) >= 11 is 0. The van der Waals surface area contributed by atoms with Gasteiger partial charge in [0.2, 0.25) is 0 Å². The maximum Gasteiger partial charge on any atom is 0.286 e. The monoisotopic (exact) mass is 414 g/mol. The van der Waals surface area contributed by atoms with Gasteiger partial charge < -0.3 is 19.1 Å². The number of ether oxygens (including phenoxy) is 3. The van der Waals surface area contributed by atoms with Gasteiger partial charge in [-0.05, 0) is 30.5 Å². The summed E-state index contributed by atoms with van der Waals surface area (Å²) < 4.78 is 15.6. The molecule has 1 amide bonds. The van der Waals surface area contributed by atoms with Gasteiger partial charge in [-0.15, -0.1) is 0 Å². The highest BCUT2D eigenvalue weighted by Crippen LogP contribution is 2.36. The molecule has 30 heavy (non-hydrogen) atoms. The predicted octanol–water partition coefficient (Wildman–Crippen LogP) is 4.03. The second-order valence-electron chi connectivity index (χ2n) is 7.20. The first-order chi connectivity index (χ1) is 14.5. The molecular weight excluding hydrogens is 388 g/mol. The van der Waals surface area contributed by atoms with Crippen molar-refractivity contribution in [2.24, 2.45) is 0 Å². The van der Waals surface area contributed by atoms with Crippen molar-refractivity contribution in [2.75, 3.05) is 34.4 Å². The van der Waals surface area contributed by atoms with Crippen molar-refractivity contribution >= 4 is 11.6 Å². The van der Waals surface area contributed by atoms with E-state index in [1.54, 1.807) is 12.0 Å². The number of hydrogen-bond acceptors (Lipinski definition) is 6. The fourth-order valence-corrected chi connectivity index (χ4v) is 3.84. The zero-order valence-electron chi connectivity index (χ0n) is 17.4. The Morgan fingerprint density at radius 2 is 1.70 bits per heavy atom. The third kappa shape index (κ3) is 4.48. The van der Waals surface area contributed by atoms with Crippen molar-refractivity contribution in [3.05, 3.63) is 57.6 Å². The Hall–Kier alpha value is -3.29. The predicted molar refractivity (Wildman–Crippen MR) is 112 cm³/mol. The number of rotatable bonds is 6. The minimum atomic E-state index is -0.562. The molecule has 0 aromatic heterocycles.